The van der Waals surface area contributed by atoms with Crippen molar-refractivity contribution in [2.24, 2.45) is 16.0 Å². The van der Waals surface area contributed by atoms with E-state index in [1.54, 1.807) is 0 Å². The van der Waals surface area contributed by atoms with Gasteiger partial charge in [0.1, 0.15) is 18.5 Å². The Morgan fingerprint density at radius 1 is 1.21 bits per heavy atom. The fraction of sp³-hybridized carbons (Fsp3) is 0.474. The van der Waals surface area contributed by atoms with E-state index in [1.807, 2.05) is 12.1 Å². The highest BCUT2D eigenvalue weighted by atomic mass is 16.5. The van der Waals surface area contributed by atoms with Crippen LogP contribution < -0.4 is 4.74 Å². The van der Waals surface area contributed by atoms with Crippen LogP contribution >= 0.6 is 0 Å². The Morgan fingerprint density at radius 2 is 1.96 bits per heavy atom. The number of fused-ring (bicyclic) bond motifs is 1. The summed E-state index contributed by atoms with van der Waals surface area (Å²) in [6.07, 6.45) is 4.02. The molecule has 0 aliphatic carbocycles. The highest BCUT2D eigenvalue weighted by Gasteiger charge is 2.38. The van der Waals surface area contributed by atoms with Crippen LogP contribution in [0.3, 0.4) is 0 Å². The number of hydrogen-bond acceptors (Lipinski definition) is 5. The number of aliphatic hydroxyl groups excluding tert-OH is 1. The number of allylic oxidation sites excluding steroid dienone is 2. The van der Waals surface area contributed by atoms with Gasteiger partial charge in [-0.2, -0.15) is 5.10 Å². The van der Waals surface area contributed by atoms with Gasteiger partial charge in [0.25, 0.3) is 0 Å². The van der Waals surface area contributed by atoms with E-state index in [0.717, 1.165) is 30.0 Å². The normalized spacial score (nSPS) is 22.7. The van der Waals surface area contributed by atoms with Crippen LogP contribution in [-0.2, 0) is 6.42 Å². The average molecular weight is 327 g/mol. The van der Waals surface area contributed by atoms with E-state index in [0.29, 0.717) is 12.5 Å². The second-order valence-electron chi connectivity index (χ2n) is 6.29. The van der Waals surface area contributed by atoms with E-state index < -0.39 is 0 Å². The summed E-state index contributed by atoms with van der Waals surface area (Å²) in [5.74, 6) is 1.09. The molecule has 0 amide bonds. The Balaban J connectivity index is 1.76. The van der Waals surface area contributed by atoms with Gasteiger partial charge in [-0.3, -0.25) is 4.99 Å². The number of nitrogens with zero attached hydrogens (tertiary/aromatic N) is 3. The van der Waals surface area contributed by atoms with Crippen LogP contribution in [0.25, 0.3) is 0 Å². The molecule has 0 saturated heterocycles. The van der Waals surface area contributed by atoms with E-state index in [2.05, 4.69) is 44.0 Å². The maximum Gasteiger partial charge on any atom is 0.150 e. The molecule has 0 saturated carbocycles. The lowest BCUT2D eigenvalue weighted by molar-refractivity contribution is 0.201. The molecule has 24 heavy (non-hydrogen) atoms. The molecule has 2 heterocycles. The summed E-state index contributed by atoms with van der Waals surface area (Å²) in [4.78, 5) is 4.83. The summed E-state index contributed by atoms with van der Waals surface area (Å²) in [5.41, 5.74) is 4.69. The molecule has 0 aromatic heterocycles. The quantitative estimate of drug-likeness (QED) is 0.874. The van der Waals surface area contributed by atoms with Gasteiger partial charge < -0.3 is 9.84 Å². The Labute approximate surface area is 143 Å². The maximum atomic E-state index is 8.82. The molecule has 5 nitrogen and oxygen atoms in total. The van der Waals surface area contributed by atoms with Crippen molar-refractivity contribution in [2.45, 2.75) is 39.8 Å². The van der Waals surface area contributed by atoms with Crippen molar-refractivity contribution in [2.75, 3.05) is 13.2 Å². The van der Waals surface area contributed by atoms with Crippen molar-refractivity contribution in [3.8, 4) is 5.75 Å². The summed E-state index contributed by atoms with van der Waals surface area (Å²) in [5, 5.41) is 15.7. The molecule has 1 aromatic carbocycles. The van der Waals surface area contributed by atoms with Gasteiger partial charge in [-0.15, -0.1) is 0 Å². The molecule has 0 spiro atoms. The Morgan fingerprint density at radius 3 is 2.62 bits per heavy atom. The molecule has 2 aliphatic heterocycles. The molecule has 0 radical (unpaired) electrons. The zero-order valence-corrected chi connectivity index (χ0v) is 14.6. The zero-order valence-electron chi connectivity index (χ0n) is 14.6. The standard InChI is InChI=1S/C19H25N3O2/c1-4-18-17(19-20-13(2)11-14(3)22(19)21-18)12-15-5-7-16(8-6-15)24-10-9-23/h5-8,11,17,19,23H,4,9-10,12H2,1-3H3. The number of aliphatic imine (C=N–C) groups is 1. The molecular formula is C19H25N3O2. The SMILES string of the molecule is CCC1=NN2C(C)=CC(C)=NC2C1Cc1ccc(OCCO)cc1. The maximum absolute atomic E-state index is 8.82. The third-order valence-electron chi connectivity index (χ3n) is 4.49. The van der Waals surface area contributed by atoms with Gasteiger partial charge >= 0.3 is 0 Å². The summed E-state index contributed by atoms with van der Waals surface area (Å²) >= 11 is 0. The number of ether oxygens (including phenoxy) is 1. The van der Waals surface area contributed by atoms with Gasteiger partial charge in [0.2, 0.25) is 0 Å². The fourth-order valence-electron chi connectivity index (χ4n) is 3.36. The Bertz CT molecular complexity index is 676. The first-order valence-electron chi connectivity index (χ1n) is 8.54. The third kappa shape index (κ3) is 3.36. The molecule has 0 fully saturated rings. The molecule has 1 N–H and O–H groups in total. The van der Waals surface area contributed by atoms with Crippen LogP contribution in [0.2, 0.25) is 0 Å². The Kier molecular flexibility index (Phi) is 5.00. The lowest BCUT2D eigenvalue weighted by atomic mass is 9.91. The Hall–Kier alpha value is -2.14. The minimum absolute atomic E-state index is 0.0297. The first kappa shape index (κ1) is 16.7. The van der Waals surface area contributed by atoms with E-state index in [9.17, 15) is 0 Å². The second kappa shape index (κ2) is 7.18. The molecule has 3 rings (SSSR count). The highest BCUT2D eigenvalue weighted by molar-refractivity contribution is 5.96. The number of hydrazone groups is 1. The van der Waals surface area contributed by atoms with Crippen LogP contribution in [0.15, 0.2) is 46.1 Å². The molecule has 2 unspecified atom stereocenters. The van der Waals surface area contributed by atoms with Gasteiger partial charge in [-0.05, 0) is 50.5 Å². The minimum Gasteiger partial charge on any atom is -0.491 e. The molecule has 128 valence electrons. The van der Waals surface area contributed by atoms with E-state index in [4.69, 9.17) is 19.9 Å². The van der Waals surface area contributed by atoms with Crippen LogP contribution in [0.1, 0.15) is 32.8 Å². The summed E-state index contributed by atoms with van der Waals surface area (Å²) in [6.45, 7) is 6.66. The van der Waals surface area contributed by atoms with Crippen molar-refractivity contribution < 1.29 is 9.84 Å². The van der Waals surface area contributed by atoms with E-state index in [1.165, 1.54) is 11.3 Å². The second-order valence-corrected chi connectivity index (χ2v) is 6.29. The lowest BCUT2D eigenvalue weighted by Gasteiger charge is -2.29. The van der Waals surface area contributed by atoms with Crippen LogP contribution in [0.5, 0.6) is 5.75 Å². The molecule has 0 bridgehead atoms. The number of benzene rings is 1. The van der Waals surface area contributed by atoms with Gasteiger partial charge in [-0.1, -0.05) is 19.1 Å². The topological polar surface area (TPSA) is 57.4 Å². The number of aliphatic hydroxyl groups is 1. The van der Waals surface area contributed by atoms with Crippen molar-refractivity contribution in [3.05, 3.63) is 41.6 Å². The summed E-state index contributed by atoms with van der Waals surface area (Å²) < 4.78 is 5.43. The molecular weight excluding hydrogens is 302 g/mol. The predicted octanol–water partition coefficient (Wildman–Crippen LogP) is 3.00. The fourth-order valence-corrected chi connectivity index (χ4v) is 3.36. The van der Waals surface area contributed by atoms with Crippen LogP contribution in [0.4, 0.5) is 0 Å². The molecule has 2 atom stereocenters. The van der Waals surface area contributed by atoms with Crippen molar-refractivity contribution in [1.82, 2.24) is 5.01 Å². The van der Waals surface area contributed by atoms with Crippen molar-refractivity contribution in [3.63, 3.8) is 0 Å². The number of rotatable bonds is 6. The third-order valence-corrected chi connectivity index (χ3v) is 4.49. The highest BCUT2D eigenvalue weighted by Crippen LogP contribution is 2.33. The molecule has 2 aliphatic rings. The van der Waals surface area contributed by atoms with Crippen molar-refractivity contribution >= 4 is 11.4 Å². The van der Waals surface area contributed by atoms with Gasteiger partial charge in [0.15, 0.2) is 0 Å². The largest absolute Gasteiger partial charge is 0.491 e. The average Bonchev–Trinajstić information content (AvgIpc) is 2.92. The van der Waals surface area contributed by atoms with Gasteiger partial charge in [0, 0.05) is 23.0 Å². The molecule has 5 heteroatoms. The van der Waals surface area contributed by atoms with E-state index >= 15 is 0 Å². The van der Waals surface area contributed by atoms with Gasteiger partial charge in [0.05, 0.1) is 6.61 Å². The predicted molar refractivity (Wildman–Crippen MR) is 96.4 cm³/mol. The first-order chi connectivity index (χ1) is 11.6. The lowest BCUT2D eigenvalue weighted by Crippen LogP contribution is -2.35. The van der Waals surface area contributed by atoms with E-state index in [-0.39, 0.29) is 12.8 Å². The van der Waals surface area contributed by atoms with Crippen LogP contribution in [0, 0.1) is 5.92 Å². The summed E-state index contributed by atoms with van der Waals surface area (Å²) in [6, 6.07) is 8.09. The monoisotopic (exact) mass is 327 g/mol. The zero-order chi connectivity index (χ0) is 17.1. The van der Waals surface area contributed by atoms with Crippen molar-refractivity contribution in [1.29, 1.82) is 0 Å². The smallest absolute Gasteiger partial charge is 0.150 e. The first-order valence-corrected chi connectivity index (χ1v) is 8.54. The van der Waals surface area contributed by atoms with Crippen LogP contribution in [-0.4, -0.2) is 40.9 Å². The number of hydrogen-bond donors (Lipinski definition) is 1. The summed E-state index contributed by atoms with van der Waals surface area (Å²) in [7, 11) is 0. The minimum atomic E-state index is 0.0297. The molecule has 1 aromatic rings. The van der Waals surface area contributed by atoms with Gasteiger partial charge in [-0.25, -0.2) is 5.01 Å².